The molecule has 0 radical (unpaired) electrons. The third-order valence-electron chi connectivity index (χ3n) is 2.83. The minimum atomic E-state index is -0.527. The average Bonchev–Trinajstić information content (AvgIpc) is 2.40. The second-order valence-corrected chi connectivity index (χ2v) is 4.80. The second-order valence-electron chi connectivity index (χ2n) is 4.37. The maximum absolute atomic E-state index is 13.6. The van der Waals surface area contributed by atoms with E-state index in [0.29, 0.717) is 11.3 Å². The van der Waals surface area contributed by atoms with Gasteiger partial charge in [-0.3, -0.25) is 10.1 Å². The Labute approximate surface area is 120 Å². The number of hydrogen-bond acceptors (Lipinski definition) is 3. The number of nitrogens with zero attached hydrogens (tertiary/aromatic N) is 1. The number of aryl methyl sites for hydroxylation is 1. The molecule has 0 saturated carbocycles. The molecule has 2 rings (SSSR count). The van der Waals surface area contributed by atoms with Crippen LogP contribution in [0, 0.1) is 22.9 Å². The molecule has 0 saturated heterocycles. The van der Waals surface area contributed by atoms with E-state index in [0.717, 1.165) is 5.56 Å². The molecule has 104 valence electrons. The molecule has 0 bridgehead atoms. The molecule has 2 aromatic carbocycles. The first-order valence-corrected chi connectivity index (χ1v) is 6.28. The van der Waals surface area contributed by atoms with Crippen molar-refractivity contribution in [3.63, 3.8) is 0 Å². The first kappa shape index (κ1) is 14.3. The summed E-state index contributed by atoms with van der Waals surface area (Å²) in [6.45, 7) is 2.02. The Bertz CT molecular complexity index is 662. The molecule has 1 N–H and O–H groups in total. The Morgan fingerprint density at radius 2 is 2.05 bits per heavy atom. The van der Waals surface area contributed by atoms with Gasteiger partial charge in [0.2, 0.25) is 0 Å². The van der Waals surface area contributed by atoms with Gasteiger partial charge in [0.15, 0.2) is 0 Å². The number of rotatable bonds is 4. The van der Waals surface area contributed by atoms with Crippen molar-refractivity contribution >= 4 is 23.0 Å². The smallest absolute Gasteiger partial charge is 0.293 e. The standard InChI is InChI=1S/C14H12ClFN2O2/c1-9-2-4-12(16)10(6-9)8-17-13-5-3-11(15)7-14(13)18(19)20/h2-7,17H,8H2,1H3. The number of nitro groups is 1. The molecule has 2 aromatic rings. The minimum absolute atomic E-state index is 0.134. The van der Waals surface area contributed by atoms with Gasteiger partial charge < -0.3 is 5.32 Å². The predicted octanol–water partition coefficient (Wildman–Crippen LogP) is 4.31. The highest BCUT2D eigenvalue weighted by Crippen LogP contribution is 2.28. The third-order valence-corrected chi connectivity index (χ3v) is 3.06. The van der Waals surface area contributed by atoms with Crippen molar-refractivity contribution in [2.24, 2.45) is 0 Å². The lowest BCUT2D eigenvalue weighted by molar-refractivity contribution is -0.383. The molecule has 0 heterocycles. The second kappa shape index (κ2) is 5.88. The van der Waals surface area contributed by atoms with Crippen LogP contribution in [0.15, 0.2) is 36.4 Å². The zero-order valence-corrected chi connectivity index (χ0v) is 11.4. The predicted molar refractivity (Wildman–Crippen MR) is 76.6 cm³/mol. The molecule has 0 unspecified atom stereocenters. The molecule has 4 nitrogen and oxygen atoms in total. The van der Waals surface area contributed by atoms with Gasteiger partial charge >= 0.3 is 0 Å². The van der Waals surface area contributed by atoms with Crippen LogP contribution in [0.5, 0.6) is 0 Å². The number of nitrogens with one attached hydrogen (secondary N) is 1. The minimum Gasteiger partial charge on any atom is -0.375 e. The number of nitro benzene ring substituents is 1. The van der Waals surface area contributed by atoms with Crippen LogP contribution in [0.1, 0.15) is 11.1 Å². The zero-order valence-electron chi connectivity index (χ0n) is 10.7. The molecule has 20 heavy (non-hydrogen) atoms. The first-order valence-electron chi connectivity index (χ1n) is 5.90. The van der Waals surface area contributed by atoms with Crippen molar-refractivity contribution in [3.8, 4) is 0 Å². The summed E-state index contributed by atoms with van der Waals surface area (Å²) in [6.07, 6.45) is 0. The van der Waals surface area contributed by atoms with Crippen LogP contribution in [0.2, 0.25) is 5.02 Å². The van der Waals surface area contributed by atoms with Crippen LogP contribution in [0.4, 0.5) is 15.8 Å². The van der Waals surface area contributed by atoms with Crippen molar-refractivity contribution in [1.82, 2.24) is 0 Å². The molecule has 0 aromatic heterocycles. The summed E-state index contributed by atoms with van der Waals surface area (Å²) in [6, 6.07) is 9.06. The summed E-state index contributed by atoms with van der Waals surface area (Å²) in [5, 5.41) is 14.1. The Kier molecular flexibility index (Phi) is 4.20. The lowest BCUT2D eigenvalue weighted by Gasteiger charge is -2.09. The molecule has 0 fully saturated rings. The topological polar surface area (TPSA) is 55.2 Å². The molecule has 0 aliphatic heterocycles. The van der Waals surface area contributed by atoms with Crippen LogP contribution < -0.4 is 5.32 Å². The van der Waals surface area contributed by atoms with Crippen molar-refractivity contribution in [2.45, 2.75) is 13.5 Å². The summed E-state index contributed by atoms with van der Waals surface area (Å²) in [5.41, 5.74) is 1.55. The van der Waals surface area contributed by atoms with E-state index < -0.39 is 4.92 Å². The van der Waals surface area contributed by atoms with Crippen molar-refractivity contribution in [3.05, 3.63) is 68.5 Å². The van der Waals surface area contributed by atoms with E-state index in [2.05, 4.69) is 5.32 Å². The normalized spacial score (nSPS) is 10.3. The van der Waals surface area contributed by atoms with Gasteiger partial charge in [-0.05, 0) is 25.1 Å². The summed E-state index contributed by atoms with van der Waals surface area (Å²) >= 11 is 5.73. The van der Waals surface area contributed by atoms with E-state index in [1.54, 1.807) is 18.2 Å². The number of anilines is 1. The fraction of sp³-hybridized carbons (Fsp3) is 0.143. The van der Waals surface area contributed by atoms with Gasteiger partial charge in [-0.15, -0.1) is 0 Å². The van der Waals surface area contributed by atoms with Crippen LogP contribution in [-0.2, 0) is 6.54 Å². The lowest BCUT2D eigenvalue weighted by Crippen LogP contribution is -2.04. The van der Waals surface area contributed by atoms with Gasteiger partial charge in [0, 0.05) is 23.2 Å². The summed E-state index contributed by atoms with van der Waals surface area (Å²) in [5.74, 6) is -0.347. The van der Waals surface area contributed by atoms with Gasteiger partial charge in [0.25, 0.3) is 5.69 Å². The molecule has 0 aliphatic carbocycles. The van der Waals surface area contributed by atoms with E-state index in [9.17, 15) is 14.5 Å². The van der Waals surface area contributed by atoms with Gasteiger partial charge in [0.05, 0.1) is 4.92 Å². The fourth-order valence-electron chi connectivity index (χ4n) is 1.83. The van der Waals surface area contributed by atoms with Crippen molar-refractivity contribution in [1.29, 1.82) is 0 Å². The highest BCUT2D eigenvalue weighted by molar-refractivity contribution is 6.30. The molecule has 0 amide bonds. The molecule has 6 heteroatoms. The molecular weight excluding hydrogens is 283 g/mol. The quantitative estimate of drug-likeness (QED) is 0.675. The van der Waals surface area contributed by atoms with Gasteiger partial charge in [-0.2, -0.15) is 0 Å². The van der Waals surface area contributed by atoms with Gasteiger partial charge in [-0.25, -0.2) is 4.39 Å². The largest absolute Gasteiger partial charge is 0.375 e. The van der Waals surface area contributed by atoms with Gasteiger partial charge in [0.1, 0.15) is 11.5 Å². The van der Waals surface area contributed by atoms with E-state index in [1.807, 2.05) is 6.92 Å². The maximum Gasteiger partial charge on any atom is 0.293 e. The number of benzene rings is 2. The summed E-state index contributed by atoms with van der Waals surface area (Å²) in [7, 11) is 0. The SMILES string of the molecule is Cc1ccc(F)c(CNc2ccc(Cl)cc2[N+](=O)[O-])c1. The Hall–Kier alpha value is -2.14. The van der Waals surface area contributed by atoms with E-state index in [-0.39, 0.29) is 23.1 Å². The highest BCUT2D eigenvalue weighted by Gasteiger charge is 2.14. The lowest BCUT2D eigenvalue weighted by atomic mass is 10.1. The molecular formula is C14H12ClFN2O2. The van der Waals surface area contributed by atoms with E-state index in [1.165, 1.54) is 18.2 Å². The van der Waals surface area contributed by atoms with Crippen LogP contribution in [0.25, 0.3) is 0 Å². The van der Waals surface area contributed by atoms with Crippen LogP contribution in [-0.4, -0.2) is 4.92 Å². The maximum atomic E-state index is 13.6. The van der Waals surface area contributed by atoms with Crippen LogP contribution in [0.3, 0.4) is 0 Å². The highest BCUT2D eigenvalue weighted by atomic mass is 35.5. The van der Waals surface area contributed by atoms with Crippen molar-refractivity contribution in [2.75, 3.05) is 5.32 Å². The molecule has 0 aliphatic rings. The number of hydrogen-bond donors (Lipinski definition) is 1. The Balaban J connectivity index is 2.23. The first-order chi connectivity index (χ1) is 9.47. The Morgan fingerprint density at radius 1 is 1.30 bits per heavy atom. The zero-order chi connectivity index (χ0) is 14.7. The summed E-state index contributed by atoms with van der Waals surface area (Å²) < 4.78 is 13.6. The third kappa shape index (κ3) is 3.24. The molecule has 0 atom stereocenters. The fourth-order valence-corrected chi connectivity index (χ4v) is 2.00. The summed E-state index contributed by atoms with van der Waals surface area (Å²) in [4.78, 5) is 10.4. The van der Waals surface area contributed by atoms with E-state index >= 15 is 0 Å². The Morgan fingerprint density at radius 3 is 2.75 bits per heavy atom. The average molecular weight is 295 g/mol. The van der Waals surface area contributed by atoms with E-state index in [4.69, 9.17) is 11.6 Å². The monoisotopic (exact) mass is 294 g/mol. The van der Waals surface area contributed by atoms with Crippen LogP contribution >= 0.6 is 11.6 Å². The van der Waals surface area contributed by atoms with Gasteiger partial charge in [-0.1, -0.05) is 29.3 Å². The number of halogens is 2. The molecule has 0 spiro atoms. The van der Waals surface area contributed by atoms with Crippen molar-refractivity contribution < 1.29 is 9.31 Å².